The third-order valence-corrected chi connectivity index (χ3v) is 3.60. The van der Waals surface area contributed by atoms with Gasteiger partial charge in [0.2, 0.25) is 0 Å². The molecule has 0 aromatic heterocycles. The van der Waals surface area contributed by atoms with Crippen molar-refractivity contribution < 1.29 is 14.3 Å². The summed E-state index contributed by atoms with van der Waals surface area (Å²) in [6, 6.07) is 6.12. The highest BCUT2D eigenvalue weighted by atomic mass is 16.5. The van der Waals surface area contributed by atoms with Crippen LogP contribution >= 0.6 is 0 Å². The first kappa shape index (κ1) is 24.6. The van der Waals surface area contributed by atoms with Crippen molar-refractivity contribution in [1.82, 2.24) is 0 Å². The molecule has 148 valence electrons. The van der Waals surface area contributed by atoms with E-state index in [9.17, 15) is 9.59 Å². The highest BCUT2D eigenvalue weighted by molar-refractivity contribution is 6.09. The number of rotatable bonds is 6. The quantitative estimate of drug-likeness (QED) is 0.260. The average molecular weight is 371 g/mol. The van der Waals surface area contributed by atoms with Gasteiger partial charge in [0.1, 0.15) is 0 Å². The Morgan fingerprint density at radius 3 is 2.07 bits per heavy atom. The minimum atomic E-state index is -0.213. The van der Waals surface area contributed by atoms with E-state index in [2.05, 4.69) is 17.7 Å². The van der Waals surface area contributed by atoms with E-state index in [4.69, 9.17) is 0 Å². The van der Waals surface area contributed by atoms with Gasteiger partial charge in [-0.3, -0.25) is 9.59 Å². The molecule has 0 N–H and O–H groups in total. The van der Waals surface area contributed by atoms with Crippen molar-refractivity contribution in [1.29, 1.82) is 0 Å². The van der Waals surface area contributed by atoms with Crippen LogP contribution in [0.15, 0.2) is 53.6 Å². The molecule has 1 aromatic carbocycles. The Labute approximate surface area is 164 Å². The summed E-state index contributed by atoms with van der Waals surface area (Å²) in [6.45, 7) is 15.1. The third-order valence-electron chi connectivity index (χ3n) is 3.60. The zero-order valence-electron chi connectivity index (χ0n) is 18.1. The van der Waals surface area contributed by atoms with Crippen LogP contribution in [0.4, 0.5) is 0 Å². The lowest BCUT2D eigenvalue weighted by atomic mass is 9.96. The number of hydrogen-bond donors (Lipinski definition) is 0. The lowest BCUT2D eigenvalue weighted by Gasteiger charge is -2.07. The van der Waals surface area contributed by atoms with Crippen LogP contribution in [0.2, 0.25) is 0 Å². The largest absolute Gasteiger partial charge is 0.463 e. The lowest BCUT2D eigenvalue weighted by Crippen LogP contribution is -2.06. The molecule has 0 aliphatic rings. The molecule has 1 aromatic rings. The highest BCUT2D eigenvalue weighted by Crippen LogP contribution is 2.16. The first-order valence-corrected chi connectivity index (χ1v) is 9.38. The maximum Gasteiger partial charge on any atom is 0.302 e. The summed E-state index contributed by atoms with van der Waals surface area (Å²) < 4.78 is 4.61. The summed E-state index contributed by atoms with van der Waals surface area (Å²) in [7, 11) is 0. The van der Waals surface area contributed by atoms with Gasteiger partial charge in [-0.2, -0.15) is 0 Å². The van der Waals surface area contributed by atoms with E-state index < -0.39 is 0 Å². The second-order valence-corrected chi connectivity index (χ2v) is 6.97. The number of carbonyl (C=O) groups is 2. The zero-order valence-corrected chi connectivity index (χ0v) is 18.1. The Kier molecular flexibility index (Phi) is 11.7. The minimum absolute atomic E-state index is 0.0255. The van der Waals surface area contributed by atoms with E-state index in [1.54, 1.807) is 0 Å². The minimum Gasteiger partial charge on any atom is -0.463 e. The molecular formula is C24H34O3. The van der Waals surface area contributed by atoms with Crippen molar-refractivity contribution in [2.45, 2.75) is 67.9 Å². The summed E-state index contributed by atoms with van der Waals surface area (Å²) in [6.07, 6.45) is 8.75. The van der Waals surface area contributed by atoms with Gasteiger partial charge >= 0.3 is 5.97 Å². The molecule has 0 unspecified atom stereocenters. The number of benzene rings is 1. The van der Waals surface area contributed by atoms with E-state index in [-0.39, 0.29) is 17.9 Å². The maximum absolute atomic E-state index is 12.4. The number of aryl methyl sites for hydroxylation is 2. The second kappa shape index (κ2) is 12.9. The van der Waals surface area contributed by atoms with Crippen LogP contribution in [0.25, 0.3) is 0 Å². The summed E-state index contributed by atoms with van der Waals surface area (Å²) in [4.78, 5) is 22.5. The second-order valence-electron chi connectivity index (χ2n) is 6.97. The number of Topliss-reactive ketones (excluding diaryl/α,β-unsaturated/α-hetero) is 1. The number of esters is 1. The van der Waals surface area contributed by atoms with Crippen molar-refractivity contribution in [2.75, 3.05) is 0 Å². The molecule has 0 aliphatic heterocycles. The van der Waals surface area contributed by atoms with Crippen LogP contribution in [0.1, 0.15) is 70.0 Å². The molecule has 0 bridgehead atoms. The van der Waals surface area contributed by atoms with Gasteiger partial charge in [-0.1, -0.05) is 48.9 Å². The predicted octanol–water partition coefficient (Wildman–Crippen LogP) is 6.17. The van der Waals surface area contributed by atoms with Gasteiger partial charge in [0.15, 0.2) is 5.78 Å². The zero-order chi connectivity index (χ0) is 21.0. The molecule has 0 saturated heterocycles. The van der Waals surface area contributed by atoms with E-state index in [0.717, 1.165) is 23.1 Å². The number of carbonyl (C=O) groups excluding carboxylic acids is 2. The Bertz CT molecular complexity index is 715. The fourth-order valence-electron chi connectivity index (χ4n) is 2.20. The molecule has 0 fully saturated rings. The first-order chi connectivity index (χ1) is 12.6. The number of ketones is 1. The predicted molar refractivity (Wildman–Crippen MR) is 114 cm³/mol. The molecule has 0 saturated carbocycles. The van der Waals surface area contributed by atoms with E-state index in [1.807, 2.05) is 78.0 Å². The van der Waals surface area contributed by atoms with Crippen molar-refractivity contribution in [2.24, 2.45) is 0 Å². The molecule has 3 heteroatoms. The topological polar surface area (TPSA) is 43.4 Å². The standard InChI is InChI=1S/C19H24O.C5H10O2/c1-6-17-12-11-15(4)18(13-17)19(20)16(5)10-8-7-9-14(2)3;1-4(2)7-5(3)6/h7-13H,6H2,1-5H3;4H,1-3H3/b8-7-,16-10+;. The van der Waals surface area contributed by atoms with Crippen molar-refractivity contribution >= 4 is 11.8 Å². The average Bonchev–Trinajstić information content (AvgIpc) is 2.57. The Balaban J connectivity index is 0.000000821. The van der Waals surface area contributed by atoms with E-state index >= 15 is 0 Å². The van der Waals surface area contributed by atoms with Crippen molar-refractivity contribution in [3.05, 3.63) is 70.3 Å². The van der Waals surface area contributed by atoms with Gasteiger partial charge in [-0.25, -0.2) is 0 Å². The fraction of sp³-hybridized carbons (Fsp3) is 0.417. The van der Waals surface area contributed by atoms with Crippen LogP contribution in [0, 0.1) is 6.92 Å². The molecule has 27 heavy (non-hydrogen) atoms. The van der Waals surface area contributed by atoms with Gasteiger partial charge in [0, 0.05) is 12.5 Å². The molecule has 0 atom stereocenters. The van der Waals surface area contributed by atoms with Crippen LogP contribution in [0.3, 0.4) is 0 Å². The number of allylic oxidation sites excluding steroid dienone is 6. The Morgan fingerprint density at radius 2 is 1.63 bits per heavy atom. The van der Waals surface area contributed by atoms with Crippen LogP contribution < -0.4 is 0 Å². The fourth-order valence-corrected chi connectivity index (χ4v) is 2.20. The molecule has 0 spiro atoms. The maximum atomic E-state index is 12.4. The van der Waals surface area contributed by atoms with Gasteiger partial charge < -0.3 is 4.74 Å². The molecular weight excluding hydrogens is 336 g/mol. The number of hydrogen-bond acceptors (Lipinski definition) is 3. The molecule has 0 amide bonds. The van der Waals surface area contributed by atoms with Crippen LogP contribution in [-0.4, -0.2) is 17.9 Å². The summed E-state index contributed by atoms with van der Waals surface area (Å²) in [5.74, 6) is -0.102. The van der Waals surface area contributed by atoms with Crippen LogP contribution in [0.5, 0.6) is 0 Å². The Morgan fingerprint density at radius 1 is 1.04 bits per heavy atom. The third kappa shape index (κ3) is 11.0. The van der Waals surface area contributed by atoms with Gasteiger partial charge in [0.25, 0.3) is 0 Å². The first-order valence-electron chi connectivity index (χ1n) is 9.38. The van der Waals surface area contributed by atoms with E-state index in [0.29, 0.717) is 0 Å². The van der Waals surface area contributed by atoms with Gasteiger partial charge in [0.05, 0.1) is 6.10 Å². The lowest BCUT2D eigenvalue weighted by molar-refractivity contribution is -0.144. The monoisotopic (exact) mass is 370 g/mol. The molecule has 0 radical (unpaired) electrons. The molecule has 0 heterocycles. The summed E-state index contributed by atoms with van der Waals surface area (Å²) in [5, 5.41) is 0. The molecule has 1 rings (SSSR count). The highest BCUT2D eigenvalue weighted by Gasteiger charge is 2.10. The summed E-state index contributed by atoms with van der Waals surface area (Å²) >= 11 is 0. The van der Waals surface area contributed by atoms with E-state index in [1.165, 1.54) is 18.1 Å². The smallest absolute Gasteiger partial charge is 0.302 e. The van der Waals surface area contributed by atoms with Gasteiger partial charge in [-0.05, 0) is 70.7 Å². The van der Waals surface area contributed by atoms with Crippen molar-refractivity contribution in [3.63, 3.8) is 0 Å². The number of ether oxygens (including phenoxy) is 1. The summed E-state index contributed by atoms with van der Waals surface area (Å²) in [5.41, 5.74) is 5.05. The Hall–Kier alpha value is -2.42. The normalized spacial score (nSPS) is 11.1. The van der Waals surface area contributed by atoms with Crippen molar-refractivity contribution in [3.8, 4) is 0 Å². The molecule has 3 nitrogen and oxygen atoms in total. The SMILES string of the molecule is CC(=O)OC(C)C.CCc1ccc(C)c(C(=O)/C(C)=C/C=C\C=C(C)C)c1. The van der Waals surface area contributed by atoms with Gasteiger partial charge in [-0.15, -0.1) is 0 Å². The molecule has 0 aliphatic carbocycles. The van der Waals surface area contributed by atoms with Crippen LogP contribution in [-0.2, 0) is 16.0 Å².